The van der Waals surface area contributed by atoms with Gasteiger partial charge in [-0.25, -0.2) is 9.78 Å². The smallest absolute Gasteiger partial charge is 0.312 e. The number of Topliss-reactive ketones (excluding diaryl/α,β-unsaturated/α-hetero) is 2. The highest BCUT2D eigenvalue weighted by molar-refractivity contribution is 6.26. The Bertz CT molecular complexity index is 4820. The number of primary amides is 1. The van der Waals surface area contributed by atoms with E-state index >= 15 is 0 Å². The first-order valence-electron chi connectivity index (χ1n) is 43.9. The number of esters is 1. The van der Waals surface area contributed by atoms with Gasteiger partial charge >= 0.3 is 17.8 Å². The van der Waals surface area contributed by atoms with Crippen LogP contribution in [0.4, 0.5) is 16.2 Å². The topological polar surface area (TPSA) is 484 Å². The van der Waals surface area contributed by atoms with Crippen molar-refractivity contribution in [2.45, 2.75) is 152 Å². The van der Waals surface area contributed by atoms with Crippen LogP contribution in [0.15, 0.2) is 100.0 Å². The van der Waals surface area contributed by atoms with Crippen LogP contribution in [0.1, 0.15) is 123 Å². The first-order valence-corrected chi connectivity index (χ1v) is 43.9. The van der Waals surface area contributed by atoms with E-state index in [4.69, 9.17) is 76.7 Å². The van der Waals surface area contributed by atoms with Gasteiger partial charge in [-0.05, 0) is 69.9 Å². The molecule has 8 amide bonds. The Kier molecular flexibility index (Phi) is 43.3. The number of anilines is 2. The van der Waals surface area contributed by atoms with E-state index in [0.29, 0.717) is 148 Å². The number of ketones is 2. The summed E-state index contributed by atoms with van der Waals surface area (Å²) in [7, 11) is 5.48. The summed E-state index contributed by atoms with van der Waals surface area (Å²) in [5.41, 5.74) is 5.67. The Morgan fingerprint density at radius 3 is 1.88 bits per heavy atom. The van der Waals surface area contributed by atoms with E-state index in [9.17, 15) is 68.1 Å². The zero-order chi connectivity index (χ0) is 95.4. The van der Waals surface area contributed by atoms with Gasteiger partial charge in [-0.2, -0.15) is 0 Å². The second kappa shape index (κ2) is 53.0. The SMILES string of the molecule is CCOCCOCCOCCOCCOCCOCCOCCOCCNC(=O)CCN1C(=O)C=CC1=O.CO[C@H]1/C=C/O[C@@]2(C)Oc3c(C)c(=O)c4c(O)c(c5oc6cc(OCC[N+](C)(C)Cc7ccc(NC(=O)[C@H](CCCNC(N)=O)CC(=O)[C@@H](NC(C)=O)C(C)C)cc7)ccc6nc5c4c3C2=O)NC(=O)/C(C)=C\C=C\[C@H](C)[C@H](O)[C@@H](C)[C@@H](O)[C@@H](C)[C@H](OC(C)=O)[C@@H]1C. The molecule has 37 nitrogen and oxygen atoms in total. The number of hydrogen-bond acceptors (Lipinski definition) is 29. The van der Waals surface area contributed by atoms with Crippen LogP contribution in [0.2, 0.25) is 0 Å². The quantitative estimate of drug-likeness (QED) is 0.00349. The van der Waals surface area contributed by atoms with Crippen molar-refractivity contribution >= 4 is 103 Å². The van der Waals surface area contributed by atoms with Crippen LogP contribution in [0.25, 0.3) is 33.0 Å². The molecule has 4 bridgehead atoms. The minimum atomic E-state index is -2.11. The van der Waals surface area contributed by atoms with Gasteiger partial charge in [-0.15, -0.1) is 0 Å². The van der Waals surface area contributed by atoms with Crippen LogP contribution in [0.3, 0.4) is 0 Å². The summed E-state index contributed by atoms with van der Waals surface area (Å²) in [5, 5.41) is 48.6. The number of carbonyl (C=O) groups is 10. The van der Waals surface area contributed by atoms with Crippen LogP contribution >= 0.6 is 0 Å². The molecule has 0 radical (unpaired) electrons. The number of imide groups is 1. The van der Waals surface area contributed by atoms with Crippen molar-refractivity contribution in [1.29, 1.82) is 0 Å². The molecule has 0 unspecified atom stereocenters. The maximum atomic E-state index is 15.0. The van der Waals surface area contributed by atoms with Gasteiger partial charge in [0.2, 0.25) is 17.7 Å². The summed E-state index contributed by atoms with van der Waals surface area (Å²) in [6.45, 7) is 29.3. The van der Waals surface area contributed by atoms with E-state index in [-0.39, 0.29) is 129 Å². The number of fused-ring (bicyclic) bond motifs is 2. The van der Waals surface area contributed by atoms with Crippen LogP contribution < -0.4 is 47.2 Å². The highest BCUT2D eigenvalue weighted by atomic mass is 16.7. The van der Waals surface area contributed by atoms with Gasteiger partial charge in [-0.3, -0.25) is 52.8 Å². The summed E-state index contributed by atoms with van der Waals surface area (Å²) >= 11 is 0. The number of benzene rings is 4. The number of nitrogens with zero attached hydrogens (tertiary/aromatic N) is 3. The largest absolute Gasteiger partial charge is 0.505 e. The molecule has 10 N–H and O–H groups in total. The van der Waals surface area contributed by atoms with Gasteiger partial charge in [-0.1, -0.05) is 71.9 Å². The molecule has 1 aromatic heterocycles. The van der Waals surface area contributed by atoms with Gasteiger partial charge in [0.1, 0.15) is 54.0 Å². The Morgan fingerprint density at radius 1 is 0.731 bits per heavy atom. The Balaban J connectivity index is 0.000000509. The van der Waals surface area contributed by atoms with Crippen molar-refractivity contribution in [2.24, 2.45) is 41.2 Å². The van der Waals surface area contributed by atoms with Gasteiger partial charge in [0.15, 0.2) is 28.1 Å². The maximum Gasteiger partial charge on any atom is 0.312 e. The van der Waals surface area contributed by atoms with Crippen LogP contribution in [-0.4, -0.2) is 285 Å². The maximum absolute atomic E-state index is 15.0. The third-order valence-corrected chi connectivity index (χ3v) is 22.2. The normalized spacial score (nSPS) is 21.0. The lowest BCUT2D eigenvalue weighted by Gasteiger charge is -2.38. The standard InChI is InChI=1S/C68H87N7O17.C25H44N2O11/c1-34(2)54(71-41(9)76)48(78)31-44(19-16-27-70-67(69)86)66(85)72-45-22-20-43(21-23-45)33-75(12,13)28-30-88-46-24-25-47-50(32-46)91-63-55(73-47)51-52-59(81)40(8)62-53(51)64(83)68(11,92-62)89-29-26-49(87-14)37(5)61(90-42(10)77)39(7)58(80)38(6)57(79)35(3)17-15-18-36(4)65(84)74-56(63)60(52)82;1-2-31-9-10-33-13-14-35-17-18-37-21-22-38-20-19-36-16-15-34-12-11-32-8-6-26-23(28)5-7-27-24(29)3-4-25(27)30/h15,17-18,20-26,29,32,34-35,37-39,44,49,54,57-58,61,79-80H,16,19,27-28,30-31,33H2,1-14H3,(H6-,69,70,71,72,73,74,76,81,82,83,84,85,86);3-4H,2,5-22H2,1H3,(H,26,28)/p+1/b17-15+,29-26+,36-18-;/t35-,37+,38+,39+,44+,49-,54-,57-,58+,61+,68-;/m0./s1. The number of nitrogens with one attached hydrogen (secondary N) is 5. The molecule has 0 saturated carbocycles. The lowest BCUT2D eigenvalue weighted by molar-refractivity contribution is -0.903. The Hall–Kier alpha value is -10.7. The van der Waals surface area contributed by atoms with Crippen molar-refractivity contribution in [3.8, 4) is 17.2 Å². The number of urea groups is 1. The predicted octanol–water partition coefficient (Wildman–Crippen LogP) is 7.35. The van der Waals surface area contributed by atoms with Gasteiger partial charge in [0, 0.05) is 143 Å². The Labute approximate surface area is 757 Å². The summed E-state index contributed by atoms with van der Waals surface area (Å²) < 4.78 is 80.3. The van der Waals surface area contributed by atoms with Gasteiger partial charge in [0.05, 0.1) is 155 Å². The predicted molar refractivity (Wildman–Crippen MR) is 481 cm³/mol. The number of allylic oxidation sites excluding steroid dienone is 2. The monoisotopic (exact) mass is 1820 g/mol. The highest BCUT2D eigenvalue weighted by Crippen LogP contribution is 2.49. The zero-order valence-electron chi connectivity index (χ0n) is 77.3. The summed E-state index contributed by atoms with van der Waals surface area (Å²) in [6.07, 6.45) is 6.33. The molecule has 4 heterocycles. The molecule has 3 aliphatic rings. The molecule has 130 heavy (non-hydrogen) atoms. The molecular weight excluding hydrogens is 1690 g/mol. The number of nitrogens with two attached hydrogens (primary N) is 1. The number of methoxy groups -OCH3 is 1. The first-order chi connectivity index (χ1) is 61.9. The highest BCUT2D eigenvalue weighted by Gasteiger charge is 2.50. The molecule has 0 spiro atoms. The summed E-state index contributed by atoms with van der Waals surface area (Å²) in [4.78, 5) is 147. The first kappa shape index (κ1) is 106. The van der Waals surface area contributed by atoms with Crippen molar-refractivity contribution in [2.75, 3.05) is 170 Å². The molecule has 4 aromatic carbocycles. The molecule has 37 heteroatoms. The molecule has 0 aliphatic carbocycles. The lowest BCUT2D eigenvalue weighted by Crippen LogP contribution is -2.46. The fourth-order valence-electron chi connectivity index (χ4n) is 14.8. The number of aromatic nitrogens is 1. The summed E-state index contributed by atoms with van der Waals surface area (Å²) in [5.74, 6) is -10.3. The number of quaternary nitrogens is 1. The van der Waals surface area contributed by atoms with Crippen molar-refractivity contribution in [3.63, 3.8) is 0 Å². The number of carbonyl (C=O) groups excluding carboxylic acids is 10. The molecule has 8 rings (SSSR count). The number of ether oxygens (including phenoxy) is 13. The number of likely N-dealkylation sites (N-methyl/N-ethyl adjacent to an activating group) is 1. The lowest BCUT2D eigenvalue weighted by atomic mass is 9.78. The van der Waals surface area contributed by atoms with Gasteiger partial charge < -0.3 is 118 Å². The molecule has 0 saturated heterocycles. The van der Waals surface area contributed by atoms with Crippen molar-refractivity contribution in [3.05, 3.63) is 118 Å². The molecule has 5 aromatic rings. The van der Waals surface area contributed by atoms with E-state index in [1.807, 2.05) is 47.0 Å². The number of aliphatic hydroxyl groups is 2. The van der Waals surface area contributed by atoms with E-state index in [1.54, 1.807) is 70.2 Å². The number of amides is 8. The second-order valence-corrected chi connectivity index (χ2v) is 33.2. The molecule has 3 aliphatic heterocycles. The summed E-state index contributed by atoms with van der Waals surface area (Å²) in [6, 6.07) is 10.8. The van der Waals surface area contributed by atoms with E-state index in [1.165, 1.54) is 72.3 Å². The minimum Gasteiger partial charge on any atom is -0.505 e. The third kappa shape index (κ3) is 32.1. The van der Waals surface area contributed by atoms with Gasteiger partial charge in [0.25, 0.3) is 23.5 Å². The number of aromatic hydroxyl groups is 1. The van der Waals surface area contributed by atoms with Crippen LogP contribution in [-0.2, 0) is 97.0 Å². The third-order valence-electron chi connectivity index (χ3n) is 22.2. The van der Waals surface area contributed by atoms with E-state index < -0.39 is 113 Å². The second-order valence-electron chi connectivity index (χ2n) is 33.2. The van der Waals surface area contributed by atoms with E-state index in [2.05, 4.69) is 26.6 Å². The number of phenols is 1. The van der Waals surface area contributed by atoms with E-state index in [0.717, 1.165) is 10.5 Å². The molecule has 716 valence electrons. The molecule has 0 fully saturated rings. The minimum absolute atomic E-state index is 0.0506. The number of phenolic OH excluding ortho intramolecular Hbond substituents is 1. The van der Waals surface area contributed by atoms with Crippen molar-refractivity contribution < 1.29 is 134 Å². The number of hydrogen-bond donors (Lipinski definition) is 9. The average molecular weight is 1820 g/mol. The number of rotatable bonds is 47. The molecule has 11 atom stereocenters. The van der Waals surface area contributed by atoms with Crippen LogP contribution in [0.5, 0.6) is 17.2 Å². The van der Waals surface area contributed by atoms with Crippen LogP contribution in [0, 0.1) is 42.4 Å². The molecular formula is C93H132N9O28+. The number of aliphatic hydroxyl groups excluding tert-OH is 2. The average Bonchev–Trinajstić information content (AvgIpc) is 1.46. The Morgan fingerprint density at radius 2 is 1.32 bits per heavy atom. The fraction of sp³-hybridized carbons (Fsp3) is 0.570. The fourth-order valence-corrected chi connectivity index (χ4v) is 14.8. The zero-order valence-corrected chi connectivity index (χ0v) is 77.3. The van der Waals surface area contributed by atoms with Crippen molar-refractivity contribution in [1.82, 2.24) is 25.8 Å².